The molecule has 0 radical (unpaired) electrons. The van der Waals surface area contributed by atoms with Crippen molar-refractivity contribution in [2.75, 3.05) is 13.7 Å². The van der Waals surface area contributed by atoms with E-state index >= 15 is 0 Å². The molecule has 1 aromatic rings. The zero-order valence-electron chi connectivity index (χ0n) is 12.0. The zero-order chi connectivity index (χ0) is 15.0. The maximum absolute atomic E-state index is 12.4. The number of fused-ring (bicyclic) bond motifs is 2. The van der Waals surface area contributed by atoms with Crippen molar-refractivity contribution >= 4 is 17.5 Å². The average Bonchev–Trinajstić information content (AvgIpc) is 3.08. The number of methoxy groups -OCH3 is 1. The van der Waals surface area contributed by atoms with Gasteiger partial charge in [-0.15, -0.1) is 0 Å². The van der Waals surface area contributed by atoms with Crippen molar-refractivity contribution in [3.63, 3.8) is 0 Å². The molecule has 0 heterocycles. The van der Waals surface area contributed by atoms with Crippen LogP contribution in [0, 0.1) is 17.8 Å². The Morgan fingerprint density at radius 3 is 2.90 bits per heavy atom. The van der Waals surface area contributed by atoms with Crippen molar-refractivity contribution in [1.29, 1.82) is 0 Å². The Balaban J connectivity index is 1.74. The Morgan fingerprint density at radius 1 is 1.43 bits per heavy atom. The second-order valence-corrected chi connectivity index (χ2v) is 6.44. The lowest BCUT2D eigenvalue weighted by molar-refractivity contribution is 0.0861. The Labute approximate surface area is 129 Å². The van der Waals surface area contributed by atoms with Crippen LogP contribution in [0.3, 0.4) is 0 Å². The first-order valence-corrected chi connectivity index (χ1v) is 7.77. The Hall–Kier alpha value is -1.26. The molecule has 1 aromatic carbocycles. The predicted octanol–water partition coefficient (Wildman–Crippen LogP) is 2.49. The zero-order valence-corrected chi connectivity index (χ0v) is 12.8. The summed E-state index contributed by atoms with van der Waals surface area (Å²) in [6.07, 6.45) is 3.45. The van der Waals surface area contributed by atoms with Crippen LogP contribution in [0.5, 0.6) is 5.75 Å². The second kappa shape index (κ2) is 5.85. The van der Waals surface area contributed by atoms with Crippen LogP contribution < -0.4 is 10.1 Å². The Morgan fingerprint density at radius 2 is 2.19 bits per heavy atom. The molecular weight excluding hydrogens is 290 g/mol. The van der Waals surface area contributed by atoms with Gasteiger partial charge in [-0.3, -0.25) is 4.79 Å². The molecule has 1 amide bonds. The standard InChI is InChI=1S/C16H20ClNO3/c1-21-14-7-11(4-5-13(14)17)16(20)18-15-10-3-2-9(6-10)12(15)8-19/h4-5,7,9-10,12,15,19H,2-3,6,8H2,1H3,(H,18,20). The van der Waals surface area contributed by atoms with E-state index in [1.165, 1.54) is 13.5 Å². The van der Waals surface area contributed by atoms with E-state index in [-0.39, 0.29) is 24.5 Å². The van der Waals surface area contributed by atoms with Crippen LogP contribution in [0.4, 0.5) is 0 Å². The smallest absolute Gasteiger partial charge is 0.251 e. The van der Waals surface area contributed by atoms with Gasteiger partial charge < -0.3 is 15.2 Å². The van der Waals surface area contributed by atoms with Crippen LogP contribution in [0.1, 0.15) is 29.6 Å². The highest BCUT2D eigenvalue weighted by Crippen LogP contribution is 2.48. The molecular formula is C16H20ClNO3. The van der Waals surface area contributed by atoms with E-state index < -0.39 is 0 Å². The first-order chi connectivity index (χ1) is 10.1. The number of amides is 1. The molecule has 2 fully saturated rings. The number of nitrogens with one attached hydrogen (secondary N) is 1. The lowest BCUT2D eigenvalue weighted by atomic mass is 9.85. The molecule has 2 saturated carbocycles. The van der Waals surface area contributed by atoms with E-state index in [0.717, 1.165) is 12.8 Å². The fourth-order valence-corrected chi connectivity index (χ4v) is 4.13. The van der Waals surface area contributed by atoms with E-state index in [4.69, 9.17) is 16.3 Å². The molecule has 0 spiro atoms. The molecule has 0 aliphatic heterocycles. The molecule has 0 saturated heterocycles. The van der Waals surface area contributed by atoms with Crippen molar-refractivity contribution in [3.8, 4) is 5.75 Å². The molecule has 2 bridgehead atoms. The third-order valence-electron chi connectivity index (χ3n) is 5.01. The topological polar surface area (TPSA) is 58.6 Å². The summed E-state index contributed by atoms with van der Waals surface area (Å²) in [7, 11) is 1.53. The Kier molecular flexibility index (Phi) is 4.09. The number of carbonyl (C=O) groups excluding carboxylic acids is 1. The third kappa shape index (κ3) is 2.62. The molecule has 3 rings (SSSR count). The minimum absolute atomic E-state index is 0.0860. The van der Waals surface area contributed by atoms with Crippen LogP contribution in [-0.2, 0) is 0 Å². The van der Waals surface area contributed by atoms with Gasteiger partial charge in [-0.25, -0.2) is 0 Å². The summed E-state index contributed by atoms with van der Waals surface area (Å²) < 4.78 is 5.15. The van der Waals surface area contributed by atoms with Crippen molar-refractivity contribution in [2.45, 2.75) is 25.3 Å². The minimum atomic E-state index is -0.124. The highest BCUT2D eigenvalue weighted by molar-refractivity contribution is 6.32. The summed E-state index contributed by atoms with van der Waals surface area (Å²) >= 11 is 5.98. The van der Waals surface area contributed by atoms with Gasteiger partial charge in [0.1, 0.15) is 5.75 Å². The molecule has 5 heteroatoms. The van der Waals surface area contributed by atoms with E-state index in [9.17, 15) is 9.90 Å². The molecule has 4 atom stereocenters. The van der Waals surface area contributed by atoms with Crippen molar-refractivity contribution in [2.24, 2.45) is 17.8 Å². The van der Waals surface area contributed by atoms with Gasteiger partial charge in [-0.2, -0.15) is 0 Å². The number of carbonyl (C=O) groups is 1. The number of rotatable bonds is 4. The van der Waals surface area contributed by atoms with Gasteiger partial charge in [0.25, 0.3) is 5.91 Å². The maximum atomic E-state index is 12.4. The highest BCUT2D eigenvalue weighted by Gasteiger charge is 2.47. The summed E-state index contributed by atoms with van der Waals surface area (Å²) in [6, 6.07) is 5.10. The van der Waals surface area contributed by atoms with Gasteiger partial charge in [0.15, 0.2) is 0 Å². The number of halogens is 1. The Bertz CT molecular complexity index is 548. The molecule has 0 aromatic heterocycles. The molecule has 114 valence electrons. The molecule has 2 N–H and O–H groups in total. The monoisotopic (exact) mass is 309 g/mol. The van der Waals surface area contributed by atoms with Crippen LogP contribution in [0.15, 0.2) is 18.2 Å². The van der Waals surface area contributed by atoms with Crippen molar-refractivity contribution in [1.82, 2.24) is 5.32 Å². The SMILES string of the molecule is COc1cc(C(=O)NC2C3CCC(C3)C2CO)ccc1Cl. The number of benzene rings is 1. The average molecular weight is 310 g/mol. The maximum Gasteiger partial charge on any atom is 0.251 e. The van der Waals surface area contributed by atoms with Crippen LogP contribution in [0.25, 0.3) is 0 Å². The van der Waals surface area contributed by atoms with E-state index in [1.54, 1.807) is 18.2 Å². The van der Waals surface area contributed by atoms with Gasteiger partial charge in [0.05, 0.1) is 12.1 Å². The summed E-state index contributed by atoms with van der Waals surface area (Å²) in [5.41, 5.74) is 0.538. The van der Waals surface area contributed by atoms with Gasteiger partial charge in [-0.05, 0) is 49.3 Å². The quantitative estimate of drug-likeness (QED) is 0.898. The highest BCUT2D eigenvalue weighted by atomic mass is 35.5. The molecule has 4 unspecified atom stereocenters. The first kappa shape index (κ1) is 14.7. The van der Waals surface area contributed by atoms with E-state index in [0.29, 0.717) is 28.2 Å². The molecule has 4 nitrogen and oxygen atoms in total. The molecule has 21 heavy (non-hydrogen) atoms. The van der Waals surface area contributed by atoms with Gasteiger partial charge in [0, 0.05) is 24.1 Å². The number of aliphatic hydroxyl groups is 1. The van der Waals surface area contributed by atoms with Crippen LogP contribution in [-0.4, -0.2) is 30.8 Å². The predicted molar refractivity (Wildman–Crippen MR) is 80.7 cm³/mol. The summed E-state index contributed by atoms with van der Waals surface area (Å²) in [5.74, 6) is 1.63. The van der Waals surface area contributed by atoms with Crippen LogP contribution >= 0.6 is 11.6 Å². The van der Waals surface area contributed by atoms with E-state index in [2.05, 4.69) is 5.32 Å². The van der Waals surface area contributed by atoms with Gasteiger partial charge >= 0.3 is 0 Å². The fraction of sp³-hybridized carbons (Fsp3) is 0.562. The third-order valence-corrected chi connectivity index (χ3v) is 5.32. The number of aliphatic hydroxyl groups excluding tert-OH is 1. The summed E-state index contributed by atoms with van der Waals surface area (Å²) in [6.45, 7) is 0.149. The van der Waals surface area contributed by atoms with Crippen LogP contribution in [0.2, 0.25) is 5.02 Å². The van der Waals surface area contributed by atoms with Crippen molar-refractivity contribution < 1.29 is 14.6 Å². The lowest BCUT2D eigenvalue weighted by Gasteiger charge is -2.30. The molecule has 2 aliphatic carbocycles. The summed E-state index contributed by atoms with van der Waals surface area (Å²) in [5, 5.41) is 13.2. The van der Waals surface area contributed by atoms with Gasteiger partial charge in [0.2, 0.25) is 0 Å². The largest absolute Gasteiger partial charge is 0.495 e. The number of hydrogen-bond acceptors (Lipinski definition) is 3. The first-order valence-electron chi connectivity index (χ1n) is 7.39. The number of hydrogen-bond donors (Lipinski definition) is 2. The lowest BCUT2D eigenvalue weighted by Crippen LogP contribution is -2.45. The normalized spacial score (nSPS) is 30.4. The molecule has 2 aliphatic rings. The minimum Gasteiger partial charge on any atom is -0.495 e. The number of ether oxygens (including phenoxy) is 1. The fourth-order valence-electron chi connectivity index (χ4n) is 3.93. The van der Waals surface area contributed by atoms with E-state index in [1.807, 2.05) is 0 Å². The van der Waals surface area contributed by atoms with Crippen molar-refractivity contribution in [3.05, 3.63) is 28.8 Å². The second-order valence-electron chi connectivity index (χ2n) is 6.03. The van der Waals surface area contributed by atoms with Gasteiger partial charge in [-0.1, -0.05) is 11.6 Å². The summed E-state index contributed by atoms with van der Waals surface area (Å²) in [4.78, 5) is 12.4.